The van der Waals surface area contributed by atoms with Crippen LogP contribution in [0.2, 0.25) is 5.02 Å². The van der Waals surface area contributed by atoms with E-state index in [2.05, 4.69) is 17.6 Å². The second-order valence-electron chi connectivity index (χ2n) is 8.92. The molecule has 2 amide bonds. The Morgan fingerprint density at radius 2 is 1.84 bits per heavy atom. The summed E-state index contributed by atoms with van der Waals surface area (Å²) in [7, 11) is 0. The van der Waals surface area contributed by atoms with Gasteiger partial charge in [0.1, 0.15) is 17.4 Å². The molecule has 3 saturated carbocycles. The first-order chi connectivity index (χ1) is 15.2. The molecule has 0 radical (unpaired) electrons. The van der Waals surface area contributed by atoms with Crippen LogP contribution in [-0.4, -0.2) is 29.5 Å². The van der Waals surface area contributed by atoms with Gasteiger partial charge in [-0.15, -0.1) is 0 Å². The lowest BCUT2D eigenvalue weighted by molar-refractivity contribution is -0.127. The number of rotatable bonds is 6. The Bertz CT molecular complexity index is 1040. The summed E-state index contributed by atoms with van der Waals surface area (Å²) in [5.41, 5.74) is -0.415. The SMILES string of the molecule is C[C@H]1CC2(NC(=O)COc3ccc(Cl)c(F)c3)CCC1(NC(=O)c1cccc(F)c1)CC2. The Morgan fingerprint density at radius 1 is 1.09 bits per heavy atom. The summed E-state index contributed by atoms with van der Waals surface area (Å²) in [5.74, 6) is -1.23. The van der Waals surface area contributed by atoms with Gasteiger partial charge >= 0.3 is 0 Å². The van der Waals surface area contributed by atoms with Crippen molar-refractivity contribution < 1.29 is 23.1 Å². The Labute approximate surface area is 190 Å². The fraction of sp³-hybridized carbons (Fsp3) is 0.417. The molecule has 0 saturated heterocycles. The van der Waals surface area contributed by atoms with Gasteiger partial charge in [0.25, 0.3) is 11.8 Å². The molecule has 5 nitrogen and oxygen atoms in total. The monoisotopic (exact) mass is 462 g/mol. The molecular formula is C24H25ClF2N2O3. The number of fused-ring (bicyclic) bond motifs is 3. The van der Waals surface area contributed by atoms with Crippen molar-refractivity contribution in [1.29, 1.82) is 0 Å². The Balaban J connectivity index is 1.35. The summed E-state index contributed by atoms with van der Waals surface area (Å²) >= 11 is 5.66. The summed E-state index contributed by atoms with van der Waals surface area (Å²) < 4.78 is 32.4. The average Bonchev–Trinajstić information content (AvgIpc) is 2.76. The molecule has 170 valence electrons. The number of hydrogen-bond acceptors (Lipinski definition) is 3. The summed E-state index contributed by atoms with van der Waals surface area (Å²) in [6.07, 6.45) is 3.61. The van der Waals surface area contributed by atoms with Gasteiger partial charge in [0, 0.05) is 22.7 Å². The van der Waals surface area contributed by atoms with Crippen molar-refractivity contribution in [3.8, 4) is 5.75 Å². The maximum atomic E-state index is 13.5. The third-order valence-corrected chi connectivity index (χ3v) is 7.16. The van der Waals surface area contributed by atoms with Crippen molar-refractivity contribution in [1.82, 2.24) is 10.6 Å². The van der Waals surface area contributed by atoms with E-state index in [-0.39, 0.29) is 46.2 Å². The smallest absolute Gasteiger partial charge is 0.258 e. The average molecular weight is 463 g/mol. The highest BCUT2D eigenvalue weighted by molar-refractivity contribution is 6.30. The predicted octanol–water partition coefficient (Wildman–Crippen LogP) is 4.63. The van der Waals surface area contributed by atoms with Crippen LogP contribution >= 0.6 is 11.6 Å². The van der Waals surface area contributed by atoms with E-state index >= 15 is 0 Å². The largest absolute Gasteiger partial charge is 0.484 e. The minimum absolute atomic E-state index is 0.00735. The van der Waals surface area contributed by atoms with E-state index in [1.165, 1.54) is 30.3 Å². The van der Waals surface area contributed by atoms with E-state index in [0.29, 0.717) is 5.56 Å². The molecule has 0 spiro atoms. The molecule has 2 aromatic rings. The zero-order valence-corrected chi connectivity index (χ0v) is 18.5. The molecule has 2 bridgehead atoms. The predicted molar refractivity (Wildman–Crippen MR) is 117 cm³/mol. The lowest BCUT2D eigenvalue weighted by Crippen LogP contribution is -2.67. The summed E-state index contributed by atoms with van der Waals surface area (Å²) in [5, 5.41) is 6.25. The normalized spacial score (nSPS) is 26.4. The number of amides is 2. The highest BCUT2D eigenvalue weighted by atomic mass is 35.5. The number of carbonyl (C=O) groups excluding carboxylic acids is 2. The van der Waals surface area contributed by atoms with E-state index in [0.717, 1.165) is 38.2 Å². The molecule has 0 aromatic heterocycles. The molecule has 3 fully saturated rings. The maximum Gasteiger partial charge on any atom is 0.258 e. The fourth-order valence-electron chi connectivity index (χ4n) is 5.05. The maximum absolute atomic E-state index is 13.5. The van der Waals surface area contributed by atoms with Gasteiger partial charge in [-0.3, -0.25) is 9.59 Å². The van der Waals surface area contributed by atoms with Crippen LogP contribution in [0.1, 0.15) is 49.4 Å². The second kappa shape index (κ2) is 8.70. The molecule has 1 atom stereocenters. The lowest BCUT2D eigenvalue weighted by atomic mass is 9.56. The fourth-order valence-corrected chi connectivity index (χ4v) is 5.17. The van der Waals surface area contributed by atoms with E-state index in [1.54, 1.807) is 6.07 Å². The standard InChI is InChI=1S/C24H25ClF2N2O3/c1-15-13-23(28-21(30)14-32-18-5-6-19(25)20(27)12-18)7-9-24(15,10-8-23)29-22(31)16-3-2-4-17(26)11-16/h2-6,11-12,15H,7-10,13-14H2,1H3,(H,28,30)(H,29,31)/t15-,23?,24?/m0/s1. The molecule has 3 aliphatic rings. The number of hydrogen-bond donors (Lipinski definition) is 2. The van der Waals surface area contributed by atoms with Crippen LogP contribution in [-0.2, 0) is 4.79 Å². The second-order valence-corrected chi connectivity index (χ2v) is 9.33. The van der Waals surface area contributed by atoms with Crippen LogP contribution in [0, 0.1) is 17.6 Å². The van der Waals surface area contributed by atoms with Crippen molar-refractivity contribution in [2.45, 2.75) is 50.1 Å². The van der Waals surface area contributed by atoms with Crippen molar-refractivity contribution >= 4 is 23.4 Å². The molecule has 3 aliphatic carbocycles. The van der Waals surface area contributed by atoms with Crippen LogP contribution in [0.3, 0.4) is 0 Å². The van der Waals surface area contributed by atoms with Gasteiger partial charge in [0.15, 0.2) is 6.61 Å². The van der Waals surface area contributed by atoms with Crippen LogP contribution in [0.5, 0.6) is 5.75 Å². The zero-order valence-electron chi connectivity index (χ0n) is 17.7. The Morgan fingerprint density at radius 3 is 2.50 bits per heavy atom. The van der Waals surface area contributed by atoms with Gasteiger partial charge in [-0.2, -0.15) is 0 Å². The molecule has 2 N–H and O–H groups in total. The summed E-state index contributed by atoms with van der Waals surface area (Å²) in [6, 6.07) is 9.70. The minimum Gasteiger partial charge on any atom is -0.484 e. The van der Waals surface area contributed by atoms with Gasteiger partial charge in [0.2, 0.25) is 0 Å². The highest BCUT2D eigenvalue weighted by Crippen LogP contribution is 2.50. The van der Waals surface area contributed by atoms with Crippen molar-refractivity contribution in [3.63, 3.8) is 0 Å². The quantitative estimate of drug-likeness (QED) is 0.657. The van der Waals surface area contributed by atoms with Gasteiger partial charge in [-0.05, 0) is 68.4 Å². The van der Waals surface area contributed by atoms with Crippen molar-refractivity contribution in [3.05, 3.63) is 64.7 Å². The molecule has 8 heteroatoms. The molecule has 0 heterocycles. The van der Waals surface area contributed by atoms with Gasteiger partial charge < -0.3 is 15.4 Å². The van der Waals surface area contributed by atoms with E-state index in [9.17, 15) is 18.4 Å². The molecule has 32 heavy (non-hydrogen) atoms. The van der Waals surface area contributed by atoms with Crippen LogP contribution in [0.25, 0.3) is 0 Å². The van der Waals surface area contributed by atoms with Crippen LogP contribution in [0.15, 0.2) is 42.5 Å². The first kappa shape index (κ1) is 22.5. The number of carbonyl (C=O) groups is 2. The molecule has 0 unspecified atom stereocenters. The van der Waals surface area contributed by atoms with Crippen molar-refractivity contribution in [2.75, 3.05) is 6.61 Å². The lowest BCUT2D eigenvalue weighted by Gasteiger charge is -2.57. The van der Waals surface area contributed by atoms with Gasteiger partial charge in [0.05, 0.1) is 5.02 Å². The van der Waals surface area contributed by atoms with E-state index in [1.807, 2.05) is 0 Å². The topological polar surface area (TPSA) is 67.4 Å². The third kappa shape index (κ3) is 4.58. The molecular weight excluding hydrogens is 438 g/mol. The minimum atomic E-state index is -0.604. The van der Waals surface area contributed by atoms with E-state index < -0.39 is 11.6 Å². The number of benzene rings is 2. The number of nitrogens with one attached hydrogen (secondary N) is 2. The number of halogens is 3. The van der Waals surface area contributed by atoms with E-state index in [4.69, 9.17) is 16.3 Å². The Hall–Kier alpha value is -2.67. The summed E-state index contributed by atoms with van der Waals surface area (Å²) in [4.78, 5) is 25.3. The molecule has 0 aliphatic heterocycles. The van der Waals surface area contributed by atoms with Gasteiger partial charge in [-0.25, -0.2) is 8.78 Å². The highest BCUT2D eigenvalue weighted by Gasteiger charge is 2.54. The van der Waals surface area contributed by atoms with Crippen LogP contribution in [0.4, 0.5) is 8.78 Å². The van der Waals surface area contributed by atoms with Gasteiger partial charge in [-0.1, -0.05) is 24.6 Å². The summed E-state index contributed by atoms with van der Waals surface area (Å²) in [6.45, 7) is 1.84. The van der Waals surface area contributed by atoms with Crippen molar-refractivity contribution in [2.24, 2.45) is 5.92 Å². The molecule has 2 aromatic carbocycles. The number of ether oxygens (including phenoxy) is 1. The third-order valence-electron chi connectivity index (χ3n) is 6.85. The first-order valence-electron chi connectivity index (χ1n) is 10.7. The molecule has 5 rings (SSSR count). The Kier molecular flexibility index (Phi) is 6.12. The van der Waals surface area contributed by atoms with Crippen LogP contribution < -0.4 is 15.4 Å². The first-order valence-corrected chi connectivity index (χ1v) is 11.1. The zero-order chi connectivity index (χ0) is 22.9.